The molecular formula is C30H28N2O3S. The smallest absolute Gasteiger partial charge is 0.264 e. The molecule has 0 saturated carbocycles. The van der Waals surface area contributed by atoms with Gasteiger partial charge in [-0.3, -0.25) is 9.14 Å². The van der Waals surface area contributed by atoms with Crippen LogP contribution in [0.25, 0.3) is 0 Å². The lowest BCUT2D eigenvalue weighted by atomic mass is 10.00. The van der Waals surface area contributed by atoms with E-state index in [0.29, 0.717) is 0 Å². The van der Waals surface area contributed by atoms with Crippen LogP contribution in [0.2, 0.25) is 0 Å². The predicted molar refractivity (Wildman–Crippen MR) is 142 cm³/mol. The topological polar surface area (TPSA) is 49.9 Å². The van der Waals surface area contributed by atoms with Crippen LogP contribution >= 0.6 is 0 Å². The second-order valence-corrected chi connectivity index (χ2v) is 10.7. The maximum atomic E-state index is 13.9. The van der Waals surface area contributed by atoms with E-state index in [1.165, 1.54) is 4.31 Å². The molecule has 5 nitrogen and oxygen atoms in total. The third-order valence-corrected chi connectivity index (χ3v) is 7.92. The summed E-state index contributed by atoms with van der Waals surface area (Å²) in [5.41, 5.74) is 4.70. The van der Waals surface area contributed by atoms with Gasteiger partial charge in [-0.2, -0.15) is 0 Å². The minimum Gasteiger partial charge on any atom is -0.269 e. The van der Waals surface area contributed by atoms with Gasteiger partial charge in [0.2, 0.25) is 0 Å². The van der Waals surface area contributed by atoms with E-state index >= 15 is 0 Å². The van der Waals surface area contributed by atoms with Gasteiger partial charge in [0.05, 0.1) is 17.1 Å². The fraction of sp³-hybridized carbons (Fsp3) is 0.133. The Morgan fingerprint density at radius 3 is 2.06 bits per heavy atom. The lowest BCUT2D eigenvalue weighted by Gasteiger charge is -2.27. The van der Waals surface area contributed by atoms with E-state index in [-0.39, 0.29) is 24.1 Å². The number of aryl methyl sites for hydroxylation is 1. The standard InChI is InChI=1S/C30H28N2O3S/c1-24-17-19-29(20-18-24)36(33,34)31(21-25-11-5-2-6-12-25)22-27-23-35-32(28-15-9-4-10-16-28)30(27)26-13-7-3-8-14-26/h2-20,22,30H,21,23H2,1H3/b27-22-/t30-/m0/s1. The van der Waals surface area contributed by atoms with Crippen LogP contribution in [0, 0.1) is 6.92 Å². The third kappa shape index (κ3) is 5.05. The fourth-order valence-corrected chi connectivity index (χ4v) is 5.68. The summed E-state index contributed by atoms with van der Waals surface area (Å²) in [6, 6.07) is 36.2. The largest absolute Gasteiger partial charge is 0.269 e. The number of rotatable bonds is 7. The number of hydrogen-bond donors (Lipinski definition) is 0. The molecular weight excluding hydrogens is 468 g/mol. The molecule has 0 aromatic heterocycles. The van der Waals surface area contributed by atoms with Crippen LogP contribution in [0.15, 0.2) is 132 Å². The summed E-state index contributed by atoms with van der Waals surface area (Å²) in [5.74, 6) is 0. The molecule has 1 aliphatic heterocycles. The Hall–Kier alpha value is -3.87. The maximum Gasteiger partial charge on any atom is 0.264 e. The summed E-state index contributed by atoms with van der Waals surface area (Å²) in [6.45, 7) is 2.44. The number of nitrogens with zero attached hydrogens (tertiary/aromatic N) is 2. The number of hydrogen-bond acceptors (Lipinski definition) is 4. The lowest BCUT2D eigenvalue weighted by molar-refractivity contribution is 0.162. The van der Waals surface area contributed by atoms with Crippen molar-refractivity contribution in [1.29, 1.82) is 0 Å². The molecule has 0 unspecified atom stereocenters. The molecule has 6 heteroatoms. The van der Waals surface area contributed by atoms with E-state index in [1.54, 1.807) is 18.3 Å². The van der Waals surface area contributed by atoms with Gasteiger partial charge in [0.15, 0.2) is 0 Å². The van der Waals surface area contributed by atoms with E-state index in [1.807, 2.05) is 115 Å². The zero-order valence-corrected chi connectivity index (χ0v) is 20.9. The minimum absolute atomic E-state index is 0.216. The predicted octanol–water partition coefficient (Wildman–Crippen LogP) is 6.26. The number of hydroxylamine groups is 1. The van der Waals surface area contributed by atoms with E-state index in [9.17, 15) is 8.42 Å². The first kappa shape index (κ1) is 23.9. The molecule has 0 bridgehead atoms. The molecule has 1 fully saturated rings. The average Bonchev–Trinajstić information content (AvgIpc) is 3.34. The normalized spacial score (nSPS) is 16.9. The molecule has 0 aliphatic carbocycles. The van der Waals surface area contributed by atoms with Crippen LogP contribution in [0.4, 0.5) is 5.69 Å². The van der Waals surface area contributed by atoms with Crippen molar-refractivity contribution in [1.82, 2.24) is 4.31 Å². The van der Waals surface area contributed by atoms with Gasteiger partial charge in [-0.15, -0.1) is 0 Å². The Balaban J connectivity index is 1.59. The van der Waals surface area contributed by atoms with Crippen LogP contribution in [0.5, 0.6) is 0 Å². The zero-order valence-electron chi connectivity index (χ0n) is 20.1. The van der Waals surface area contributed by atoms with Crippen LogP contribution < -0.4 is 5.06 Å². The molecule has 1 heterocycles. The summed E-state index contributed by atoms with van der Waals surface area (Å²) in [7, 11) is -3.81. The summed E-state index contributed by atoms with van der Waals surface area (Å²) >= 11 is 0. The highest BCUT2D eigenvalue weighted by Gasteiger charge is 2.34. The molecule has 1 atom stereocenters. The van der Waals surface area contributed by atoms with E-state index < -0.39 is 10.0 Å². The Morgan fingerprint density at radius 1 is 0.833 bits per heavy atom. The number of anilines is 1. The highest BCUT2D eigenvalue weighted by Crippen LogP contribution is 2.39. The number of para-hydroxylation sites is 1. The van der Waals surface area contributed by atoms with Gasteiger partial charge in [0.25, 0.3) is 10.0 Å². The van der Waals surface area contributed by atoms with Crippen molar-refractivity contribution in [2.75, 3.05) is 11.7 Å². The maximum absolute atomic E-state index is 13.9. The second kappa shape index (κ2) is 10.4. The molecule has 0 N–H and O–H groups in total. The second-order valence-electron chi connectivity index (χ2n) is 8.80. The highest BCUT2D eigenvalue weighted by atomic mass is 32.2. The summed E-state index contributed by atoms with van der Waals surface area (Å²) in [5, 5.41) is 1.86. The summed E-state index contributed by atoms with van der Waals surface area (Å²) < 4.78 is 29.2. The molecule has 4 aromatic rings. The molecule has 36 heavy (non-hydrogen) atoms. The minimum atomic E-state index is -3.81. The van der Waals surface area contributed by atoms with E-state index in [2.05, 4.69) is 0 Å². The zero-order chi connectivity index (χ0) is 25.0. The molecule has 1 saturated heterocycles. The van der Waals surface area contributed by atoms with Crippen molar-refractivity contribution >= 4 is 15.7 Å². The molecule has 0 amide bonds. The summed E-state index contributed by atoms with van der Waals surface area (Å²) in [4.78, 5) is 6.41. The van der Waals surface area contributed by atoms with Crippen molar-refractivity contribution in [2.24, 2.45) is 0 Å². The molecule has 182 valence electrons. The van der Waals surface area contributed by atoms with Crippen molar-refractivity contribution in [3.8, 4) is 0 Å². The Kier molecular flexibility index (Phi) is 6.89. The molecule has 4 aromatic carbocycles. The van der Waals surface area contributed by atoms with Gasteiger partial charge in [0.1, 0.15) is 12.6 Å². The highest BCUT2D eigenvalue weighted by molar-refractivity contribution is 7.89. The van der Waals surface area contributed by atoms with Crippen molar-refractivity contribution in [3.63, 3.8) is 0 Å². The van der Waals surface area contributed by atoms with Crippen LogP contribution in [0.3, 0.4) is 0 Å². The molecule has 0 radical (unpaired) electrons. The quantitative estimate of drug-likeness (QED) is 0.303. The van der Waals surface area contributed by atoms with Gasteiger partial charge in [-0.1, -0.05) is 96.6 Å². The SMILES string of the molecule is Cc1ccc(S(=O)(=O)N(/C=C2/CON(c3ccccc3)[C@H]2c2ccccc2)Cc2ccccc2)cc1. The van der Waals surface area contributed by atoms with Crippen molar-refractivity contribution in [2.45, 2.75) is 24.4 Å². The van der Waals surface area contributed by atoms with Gasteiger partial charge in [-0.25, -0.2) is 13.5 Å². The first-order valence-electron chi connectivity index (χ1n) is 11.9. The number of benzene rings is 4. The Labute approximate surface area is 212 Å². The van der Waals surface area contributed by atoms with Crippen LogP contribution in [-0.4, -0.2) is 19.3 Å². The van der Waals surface area contributed by atoms with Gasteiger partial charge >= 0.3 is 0 Å². The van der Waals surface area contributed by atoms with Gasteiger partial charge in [0, 0.05) is 11.8 Å². The lowest BCUT2D eigenvalue weighted by Crippen LogP contribution is -2.27. The van der Waals surface area contributed by atoms with Crippen LogP contribution in [0.1, 0.15) is 22.7 Å². The third-order valence-electron chi connectivity index (χ3n) is 6.20. The average molecular weight is 497 g/mol. The molecule has 1 aliphatic rings. The van der Waals surface area contributed by atoms with Crippen molar-refractivity contribution in [3.05, 3.63) is 144 Å². The first-order chi connectivity index (χ1) is 17.5. The van der Waals surface area contributed by atoms with E-state index in [4.69, 9.17) is 4.84 Å². The first-order valence-corrected chi connectivity index (χ1v) is 13.3. The van der Waals surface area contributed by atoms with E-state index in [0.717, 1.165) is 28.0 Å². The summed E-state index contributed by atoms with van der Waals surface area (Å²) in [6.07, 6.45) is 1.75. The van der Waals surface area contributed by atoms with Gasteiger partial charge in [-0.05, 0) is 42.3 Å². The number of sulfonamides is 1. The van der Waals surface area contributed by atoms with Crippen molar-refractivity contribution < 1.29 is 13.3 Å². The Bertz CT molecular complexity index is 1420. The molecule has 5 rings (SSSR count). The molecule has 0 spiro atoms. The monoisotopic (exact) mass is 496 g/mol. The Morgan fingerprint density at radius 2 is 1.42 bits per heavy atom. The van der Waals surface area contributed by atoms with Gasteiger partial charge < -0.3 is 0 Å². The fourth-order valence-electron chi connectivity index (χ4n) is 4.33. The van der Waals surface area contributed by atoms with Crippen LogP contribution in [-0.2, 0) is 21.4 Å².